The van der Waals surface area contributed by atoms with E-state index < -0.39 is 30.4 Å². The van der Waals surface area contributed by atoms with Gasteiger partial charge in [0.15, 0.2) is 6.61 Å². The van der Waals surface area contributed by atoms with Gasteiger partial charge in [0.25, 0.3) is 11.8 Å². The third kappa shape index (κ3) is 7.43. The fourth-order valence-corrected chi connectivity index (χ4v) is 3.03. The predicted octanol–water partition coefficient (Wildman–Crippen LogP) is 3.25. The van der Waals surface area contributed by atoms with Crippen molar-refractivity contribution < 1.29 is 19.1 Å². The van der Waals surface area contributed by atoms with Crippen LogP contribution in [0.4, 0.5) is 5.69 Å². The molecule has 2 N–H and O–H groups in total. The first-order valence-corrected chi connectivity index (χ1v) is 10.7. The second kappa shape index (κ2) is 11.9. The largest absolute Gasteiger partial charge is 0.454 e. The van der Waals surface area contributed by atoms with Gasteiger partial charge in [0.2, 0.25) is 0 Å². The standard InChI is InChI=1S/C21H20ClN3O4S/c1-30-10-9-18(25-20(27)15-5-7-16(22)8-6-15)21(28)29-13-19(26)24-17-4-2-3-14(11-17)12-23/h2-8,11,18H,9-10,13H2,1H3,(H,24,26)(H,25,27)/t18-/m0/s1. The van der Waals surface area contributed by atoms with E-state index in [1.54, 1.807) is 42.5 Å². The maximum absolute atomic E-state index is 12.4. The highest BCUT2D eigenvalue weighted by Crippen LogP contribution is 2.12. The number of benzene rings is 2. The van der Waals surface area contributed by atoms with Crippen molar-refractivity contribution in [1.82, 2.24) is 5.32 Å². The summed E-state index contributed by atoms with van der Waals surface area (Å²) < 4.78 is 5.09. The Balaban J connectivity index is 1.93. The smallest absolute Gasteiger partial charge is 0.329 e. The topological polar surface area (TPSA) is 108 Å². The SMILES string of the molecule is CSCC[C@H](NC(=O)c1ccc(Cl)cc1)C(=O)OCC(=O)Nc1cccc(C#N)c1. The molecule has 0 aliphatic heterocycles. The molecule has 0 aromatic heterocycles. The summed E-state index contributed by atoms with van der Waals surface area (Å²) >= 11 is 7.34. The zero-order chi connectivity index (χ0) is 21.9. The van der Waals surface area contributed by atoms with Crippen LogP contribution in [0, 0.1) is 11.3 Å². The number of ether oxygens (including phenoxy) is 1. The van der Waals surface area contributed by atoms with Crippen molar-refractivity contribution in [2.75, 3.05) is 23.9 Å². The average molecular weight is 446 g/mol. The van der Waals surface area contributed by atoms with Crippen molar-refractivity contribution in [1.29, 1.82) is 5.26 Å². The van der Waals surface area contributed by atoms with Crippen molar-refractivity contribution in [3.05, 3.63) is 64.7 Å². The van der Waals surface area contributed by atoms with Gasteiger partial charge in [-0.3, -0.25) is 9.59 Å². The molecule has 156 valence electrons. The molecule has 2 aromatic rings. The summed E-state index contributed by atoms with van der Waals surface area (Å²) in [7, 11) is 0. The number of hydrogen-bond donors (Lipinski definition) is 2. The third-order valence-corrected chi connectivity index (χ3v) is 4.82. The van der Waals surface area contributed by atoms with Crippen LogP contribution in [-0.2, 0) is 14.3 Å². The highest BCUT2D eigenvalue weighted by molar-refractivity contribution is 7.98. The summed E-state index contributed by atoms with van der Waals surface area (Å²) in [6, 6.07) is 13.7. The molecule has 0 spiro atoms. The number of nitrogens with one attached hydrogen (secondary N) is 2. The summed E-state index contributed by atoms with van der Waals surface area (Å²) in [6.07, 6.45) is 2.23. The van der Waals surface area contributed by atoms with Gasteiger partial charge in [-0.05, 0) is 60.9 Å². The fraction of sp³-hybridized carbons (Fsp3) is 0.238. The number of anilines is 1. The zero-order valence-corrected chi connectivity index (χ0v) is 17.8. The van der Waals surface area contributed by atoms with E-state index in [4.69, 9.17) is 21.6 Å². The van der Waals surface area contributed by atoms with Crippen molar-refractivity contribution in [3.63, 3.8) is 0 Å². The third-order valence-electron chi connectivity index (χ3n) is 3.93. The minimum Gasteiger partial charge on any atom is -0.454 e. The molecule has 0 unspecified atom stereocenters. The lowest BCUT2D eigenvalue weighted by atomic mass is 10.1. The molecule has 0 aliphatic rings. The molecule has 2 amide bonds. The molecule has 2 rings (SSSR count). The van der Waals surface area contributed by atoms with Crippen LogP contribution >= 0.6 is 23.4 Å². The molecule has 2 aromatic carbocycles. The molecular formula is C21H20ClN3O4S. The number of carbonyl (C=O) groups excluding carboxylic acids is 3. The lowest BCUT2D eigenvalue weighted by Crippen LogP contribution is -2.43. The van der Waals surface area contributed by atoms with Crippen LogP contribution in [0.3, 0.4) is 0 Å². The number of thioether (sulfide) groups is 1. The number of amides is 2. The Morgan fingerprint density at radius 2 is 1.93 bits per heavy atom. The van der Waals surface area contributed by atoms with E-state index in [0.29, 0.717) is 34.0 Å². The Kier molecular flexibility index (Phi) is 9.19. The lowest BCUT2D eigenvalue weighted by Gasteiger charge is -2.17. The Hall–Kier alpha value is -3.02. The van der Waals surface area contributed by atoms with Crippen LogP contribution in [0.25, 0.3) is 0 Å². The summed E-state index contributed by atoms with van der Waals surface area (Å²) in [5, 5.41) is 14.6. The van der Waals surface area contributed by atoms with Gasteiger partial charge in [-0.15, -0.1) is 0 Å². The summed E-state index contributed by atoms with van der Waals surface area (Å²) in [6.45, 7) is -0.512. The summed E-state index contributed by atoms with van der Waals surface area (Å²) in [5.74, 6) is -1.07. The molecule has 0 saturated heterocycles. The van der Waals surface area contributed by atoms with Gasteiger partial charge in [0, 0.05) is 16.3 Å². The Bertz CT molecular complexity index is 944. The van der Waals surface area contributed by atoms with Crippen LogP contribution in [-0.4, -0.2) is 42.4 Å². The highest BCUT2D eigenvalue weighted by Gasteiger charge is 2.23. The molecule has 1 atom stereocenters. The van der Waals surface area contributed by atoms with Crippen LogP contribution in [0.5, 0.6) is 0 Å². The highest BCUT2D eigenvalue weighted by atomic mass is 35.5. The maximum Gasteiger partial charge on any atom is 0.329 e. The maximum atomic E-state index is 12.4. The molecule has 0 aliphatic carbocycles. The second-order valence-electron chi connectivity index (χ2n) is 6.16. The first-order chi connectivity index (χ1) is 14.4. The predicted molar refractivity (Wildman–Crippen MR) is 116 cm³/mol. The van der Waals surface area contributed by atoms with Gasteiger partial charge in [0.05, 0.1) is 11.6 Å². The van der Waals surface area contributed by atoms with Crippen LogP contribution in [0.15, 0.2) is 48.5 Å². The van der Waals surface area contributed by atoms with E-state index in [2.05, 4.69) is 10.6 Å². The van der Waals surface area contributed by atoms with Crippen LogP contribution in [0.2, 0.25) is 5.02 Å². The first-order valence-electron chi connectivity index (χ1n) is 8.95. The molecular weight excluding hydrogens is 426 g/mol. The van der Waals surface area contributed by atoms with Crippen molar-refractivity contribution in [2.45, 2.75) is 12.5 Å². The molecule has 0 bridgehead atoms. The monoisotopic (exact) mass is 445 g/mol. The number of nitrogens with zero attached hydrogens (tertiary/aromatic N) is 1. The Morgan fingerprint density at radius 3 is 2.60 bits per heavy atom. The molecule has 0 radical (unpaired) electrons. The van der Waals surface area contributed by atoms with E-state index in [1.165, 1.54) is 17.8 Å². The van der Waals surface area contributed by atoms with Crippen molar-refractivity contribution in [2.24, 2.45) is 0 Å². The Labute approximate surface area is 183 Å². The van der Waals surface area contributed by atoms with E-state index in [-0.39, 0.29) is 0 Å². The minimum absolute atomic E-state index is 0.352. The van der Waals surface area contributed by atoms with Crippen molar-refractivity contribution >= 4 is 46.8 Å². The van der Waals surface area contributed by atoms with Gasteiger partial charge >= 0.3 is 5.97 Å². The number of hydrogen-bond acceptors (Lipinski definition) is 6. The minimum atomic E-state index is -0.893. The van der Waals surface area contributed by atoms with Crippen molar-refractivity contribution in [3.8, 4) is 6.07 Å². The quantitative estimate of drug-likeness (QED) is 0.573. The molecule has 7 nitrogen and oxygen atoms in total. The number of halogens is 1. The van der Waals surface area contributed by atoms with E-state index in [1.807, 2.05) is 12.3 Å². The molecule has 0 heterocycles. The fourth-order valence-electron chi connectivity index (χ4n) is 2.43. The molecule has 30 heavy (non-hydrogen) atoms. The summed E-state index contributed by atoms with van der Waals surface area (Å²) in [4.78, 5) is 36.9. The normalized spacial score (nSPS) is 11.1. The number of carbonyl (C=O) groups is 3. The molecule has 0 fully saturated rings. The van der Waals surface area contributed by atoms with Gasteiger partial charge in [-0.25, -0.2) is 4.79 Å². The van der Waals surface area contributed by atoms with Crippen LogP contribution in [0.1, 0.15) is 22.3 Å². The van der Waals surface area contributed by atoms with Gasteiger partial charge in [-0.2, -0.15) is 17.0 Å². The molecule has 0 saturated carbocycles. The number of rotatable bonds is 9. The van der Waals surface area contributed by atoms with E-state index in [0.717, 1.165) is 0 Å². The average Bonchev–Trinajstić information content (AvgIpc) is 2.75. The van der Waals surface area contributed by atoms with Gasteiger partial charge < -0.3 is 15.4 Å². The molecule has 9 heteroatoms. The second-order valence-corrected chi connectivity index (χ2v) is 7.58. The number of esters is 1. The lowest BCUT2D eigenvalue weighted by molar-refractivity contribution is -0.149. The van der Waals surface area contributed by atoms with E-state index >= 15 is 0 Å². The van der Waals surface area contributed by atoms with E-state index in [9.17, 15) is 14.4 Å². The summed E-state index contributed by atoms with van der Waals surface area (Å²) in [5.41, 5.74) is 1.17. The first kappa shape index (κ1) is 23.3. The zero-order valence-electron chi connectivity index (χ0n) is 16.2. The van der Waals surface area contributed by atoms with Crippen LogP contribution < -0.4 is 10.6 Å². The van der Waals surface area contributed by atoms with Gasteiger partial charge in [-0.1, -0.05) is 17.7 Å². The Morgan fingerprint density at radius 1 is 1.20 bits per heavy atom. The van der Waals surface area contributed by atoms with Gasteiger partial charge in [0.1, 0.15) is 6.04 Å². The number of nitriles is 1.